The van der Waals surface area contributed by atoms with E-state index in [1.165, 1.54) is 11.8 Å². The number of thioether (sulfide) groups is 1. The topological polar surface area (TPSA) is 83.9 Å². The van der Waals surface area contributed by atoms with Gasteiger partial charge in [-0.1, -0.05) is 36.1 Å². The van der Waals surface area contributed by atoms with Crippen molar-refractivity contribution < 1.29 is 22.5 Å². The van der Waals surface area contributed by atoms with Crippen LogP contribution in [0.3, 0.4) is 0 Å². The standard InChI is InChI=1S/C16H19NO5S3/c1-2-17-15(18)14(24-16(17)23)11-12-5-7-13(8-6-12)22-9-3-4-10-25(19,20)21/h5-8,11H,2-4,9-10H2,1H3,(H,19,20,21)/b14-11+. The largest absolute Gasteiger partial charge is 0.494 e. The molecule has 136 valence electrons. The molecule has 1 aromatic carbocycles. The molecule has 1 aromatic rings. The Morgan fingerprint density at radius 1 is 1.28 bits per heavy atom. The number of carbonyl (C=O) groups is 1. The number of hydrogen-bond donors (Lipinski definition) is 1. The third-order valence-electron chi connectivity index (χ3n) is 3.43. The van der Waals surface area contributed by atoms with Gasteiger partial charge in [-0.15, -0.1) is 0 Å². The molecule has 1 heterocycles. The van der Waals surface area contributed by atoms with Gasteiger partial charge in [0.05, 0.1) is 17.3 Å². The van der Waals surface area contributed by atoms with Gasteiger partial charge in [0.2, 0.25) is 0 Å². The lowest BCUT2D eigenvalue weighted by Crippen LogP contribution is -2.27. The molecule has 1 aliphatic rings. The van der Waals surface area contributed by atoms with Crippen molar-refractivity contribution in [2.45, 2.75) is 19.8 Å². The van der Waals surface area contributed by atoms with Gasteiger partial charge in [0.25, 0.3) is 16.0 Å². The molecular weight excluding hydrogens is 382 g/mol. The normalized spacial score (nSPS) is 16.7. The molecule has 2 rings (SSSR count). The van der Waals surface area contributed by atoms with Gasteiger partial charge in [0.1, 0.15) is 10.1 Å². The minimum absolute atomic E-state index is 0.0725. The molecule has 6 nitrogen and oxygen atoms in total. The number of amides is 1. The number of ether oxygens (including phenoxy) is 1. The lowest BCUT2D eigenvalue weighted by molar-refractivity contribution is -0.121. The molecule has 1 saturated heterocycles. The highest BCUT2D eigenvalue weighted by molar-refractivity contribution is 8.26. The molecule has 0 spiro atoms. The van der Waals surface area contributed by atoms with E-state index in [1.807, 2.05) is 19.1 Å². The third kappa shape index (κ3) is 6.10. The number of hydrogen-bond acceptors (Lipinski definition) is 6. The van der Waals surface area contributed by atoms with Gasteiger partial charge in [0, 0.05) is 6.54 Å². The van der Waals surface area contributed by atoms with Gasteiger partial charge in [0.15, 0.2) is 0 Å². The van der Waals surface area contributed by atoms with Gasteiger partial charge in [-0.05, 0) is 43.5 Å². The Bertz CT molecular complexity index is 771. The number of thiocarbonyl (C=S) groups is 1. The molecule has 0 radical (unpaired) electrons. The highest BCUT2D eigenvalue weighted by Crippen LogP contribution is 2.32. The summed E-state index contributed by atoms with van der Waals surface area (Å²) in [7, 11) is -3.90. The number of rotatable bonds is 8. The number of benzene rings is 1. The summed E-state index contributed by atoms with van der Waals surface area (Å²) in [6.45, 7) is 2.81. The molecule has 0 aromatic heterocycles. The van der Waals surface area contributed by atoms with Crippen molar-refractivity contribution in [1.29, 1.82) is 0 Å². The molecule has 25 heavy (non-hydrogen) atoms. The van der Waals surface area contributed by atoms with Crippen LogP contribution in [0.2, 0.25) is 0 Å². The quantitative estimate of drug-likeness (QED) is 0.310. The number of likely N-dealkylation sites (N-methyl/N-ethyl adjacent to an activating group) is 1. The van der Waals surface area contributed by atoms with Crippen LogP contribution < -0.4 is 4.74 Å². The molecule has 1 aliphatic heterocycles. The van der Waals surface area contributed by atoms with E-state index in [0.717, 1.165) is 5.56 Å². The van der Waals surface area contributed by atoms with E-state index in [0.29, 0.717) is 41.0 Å². The first-order valence-electron chi connectivity index (χ1n) is 7.73. The molecule has 1 amide bonds. The summed E-state index contributed by atoms with van der Waals surface area (Å²) in [6, 6.07) is 7.25. The highest BCUT2D eigenvalue weighted by atomic mass is 32.2. The summed E-state index contributed by atoms with van der Waals surface area (Å²) >= 11 is 6.47. The van der Waals surface area contributed by atoms with Crippen molar-refractivity contribution >= 4 is 50.4 Å². The first-order chi connectivity index (χ1) is 11.8. The smallest absolute Gasteiger partial charge is 0.266 e. The summed E-state index contributed by atoms with van der Waals surface area (Å²) in [5.74, 6) is 0.326. The van der Waals surface area contributed by atoms with E-state index in [1.54, 1.807) is 23.1 Å². The minimum atomic E-state index is -3.90. The van der Waals surface area contributed by atoms with Crippen molar-refractivity contribution in [3.63, 3.8) is 0 Å². The van der Waals surface area contributed by atoms with Crippen LogP contribution in [-0.2, 0) is 14.9 Å². The summed E-state index contributed by atoms with van der Waals surface area (Å²) in [5.41, 5.74) is 0.871. The maximum atomic E-state index is 12.2. The Balaban J connectivity index is 1.87. The molecule has 9 heteroatoms. The number of carbonyl (C=O) groups excluding carboxylic acids is 1. The zero-order chi connectivity index (χ0) is 18.4. The Morgan fingerprint density at radius 2 is 1.96 bits per heavy atom. The summed E-state index contributed by atoms with van der Waals surface area (Å²) in [6.07, 6.45) is 2.67. The lowest BCUT2D eigenvalue weighted by atomic mass is 10.2. The van der Waals surface area contributed by atoms with Crippen molar-refractivity contribution in [2.75, 3.05) is 18.9 Å². The van der Waals surface area contributed by atoms with Gasteiger partial charge >= 0.3 is 0 Å². The Morgan fingerprint density at radius 3 is 2.52 bits per heavy atom. The van der Waals surface area contributed by atoms with Crippen LogP contribution in [0.4, 0.5) is 0 Å². The van der Waals surface area contributed by atoms with Crippen LogP contribution in [0.1, 0.15) is 25.3 Å². The molecule has 1 fully saturated rings. The van der Waals surface area contributed by atoms with E-state index in [9.17, 15) is 13.2 Å². The first kappa shape index (κ1) is 19.9. The maximum absolute atomic E-state index is 12.2. The van der Waals surface area contributed by atoms with E-state index in [4.69, 9.17) is 21.5 Å². The highest BCUT2D eigenvalue weighted by Gasteiger charge is 2.30. The van der Waals surface area contributed by atoms with E-state index < -0.39 is 10.1 Å². The van der Waals surface area contributed by atoms with Crippen molar-refractivity contribution in [1.82, 2.24) is 4.90 Å². The van der Waals surface area contributed by atoms with Crippen LogP contribution in [0, 0.1) is 0 Å². The third-order valence-corrected chi connectivity index (χ3v) is 5.62. The van der Waals surface area contributed by atoms with Crippen LogP contribution in [0.5, 0.6) is 5.75 Å². The van der Waals surface area contributed by atoms with E-state index in [2.05, 4.69) is 0 Å². The fourth-order valence-corrected chi connectivity index (χ4v) is 4.11. The average Bonchev–Trinajstić information content (AvgIpc) is 2.81. The zero-order valence-electron chi connectivity index (χ0n) is 13.7. The summed E-state index contributed by atoms with van der Waals surface area (Å²) in [5, 5.41) is 0. The fourth-order valence-electron chi connectivity index (χ4n) is 2.16. The van der Waals surface area contributed by atoms with Crippen LogP contribution >= 0.6 is 24.0 Å². The molecule has 0 saturated carbocycles. The number of unbranched alkanes of at least 4 members (excludes halogenated alkanes) is 1. The van der Waals surface area contributed by atoms with Gasteiger partial charge in [-0.25, -0.2) is 0 Å². The predicted molar refractivity (Wildman–Crippen MR) is 103 cm³/mol. The van der Waals surface area contributed by atoms with Crippen LogP contribution in [0.25, 0.3) is 6.08 Å². The Kier molecular flexibility index (Phi) is 7.00. The van der Waals surface area contributed by atoms with Crippen molar-refractivity contribution in [2.24, 2.45) is 0 Å². The maximum Gasteiger partial charge on any atom is 0.266 e. The fraction of sp³-hybridized carbons (Fsp3) is 0.375. The molecule has 1 N–H and O–H groups in total. The second kappa shape index (κ2) is 8.79. The molecule has 0 atom stereocenters. The van der Waals surface area contributed by atoms with Crippen molar-refractivity contribution in [3.8, 4) is 5.75 Å². The monoisotopic (exact) mass is 401 g/mol. The molecule has 0 unspecified atom stereocenters. The van der Waals surface area contributed by atoms with Crippen LogP contribution in [0.15, 0.2) is 29.2 Å². The minimum Gasteiger partial charge on any atom is -0.494 e. The average molecular weight is 402 g/mol. The van der Waals surface area contributed by atoms with Crippen molar-refractivity contribution in [3.05, 3.63) is 34.7 Å². The van der Waals surface area contributed by atoms with Gasteiger partial charge in [-0.2, -0.15) is 8.42 Å². The summed E-state index contributed by atoms with van der Waals surface area (Å²) < 4.78 is 35.9. The predicted octanol–water partition coefficient (Wildman–Crippen LogP) is 2.95. The summed E-state index contributed by atoms with van der Waals surface area (Å²) in [4.78, 5) is 14.3. The Hall–Kier alpha value is -1.42. The van der Waals surface area contributed by atoms with Crippen LogP contribution in [-0.4, -0.2) is 47.0 Å². The lowest BCUT2D eigenvalue weighted by Gasteiger charge is -2.09. The zero-order valence-corrected chi connectivity index (χ0v) is 16.1. The van der Waals surface area contributed by atoms with E-state index in [-0.39, 0.29) is 11.7 Å². The van der Waals surface area contributed by atoms with Gasteiger partial charge < -0.3 is 4.74 Å². The SMILES string of the molecule is CCN1C(=O)/C(=C\c2ccc(OCCCCS(=O)(=O)O)cc2)SC1=S. The van der Waals surface area contributed by atoms with E-state index >= 15 is 0 Å². The molecule has 0 bridgehead atoms. The first-order valence-corrected chi connectivity index (χ1v) is 10.6. The van der Waals surface area contributed by atoms with Gasteiger partial charge in [-0.3, -0.25) is 14.2 Å². The Labute approximate surface area is 157 Å². The second-order valence-electron chi connectivity index (χ2n) is 5.34. The molecule has 0 aliphatic carbocycles. The second-order valence-corrected chi connectivity index (χ2v) is 8.58. The number of nitrogens with zero attached hydrogens (tertiary/aromatic N) is 1. The molecular formula is C16H19NO5S3.